The summed E-state index contributed by atoms with van der Waals surface area (Å²) in [7, 11) is 1.77. The molecule has 0 fully saturated rings. The topological polar surface area (TPSA) is 88.8 Å². The number of anilines is 4. The van der Waals surface area contributed by atoms with Crippen LogP contribution < -0.4 is 16.4 Å². The van der Waals surface area contributed by atoms with E-state index in [1.54, 1.807) is 7.05 Å². The van der Waals surface area contributed by atoms with Crippen LogP contribution in [0.1, 0.15) is 5.82 Å². The van der Waals surface area contributed by atoms with Crippen molar-refractivity contribution in [2.75, 3.05) is 23.4 Å². The Hall–Kier alpha value is -2.37. The van der Waals surface area contributed by atoms with E-state index in [0.717, 1.165) is 11.4 Å². The molecule has 0 aliphatic carbocycles. The number of nitrogens with one attached hydrogen (secondary N) is 2. The van der Waals surface area contributed by atoms with E-state index in [4.69, 9.17) is 5.73 Å². The van der Waals surface area contributed by atoms with Crippen molar-refractivity contribution in [1.29, 1.82) is 0 Å². The van der Waals surface area contributed by atoms with E-state index in [0.29, 0.717) is 17.7 Å². The van der Waals surface area contributed by atoms with Crippen molar-refractivity contribution in [3.05, 3.63) is 30.1 Å². The summed E-state index contributed by atoms with van der Waals surface area (Å²) in [5, 5.41) is 5.97. The molecule has 1 heterocycles. The van der Waals surface area contributed by atoms with E-state index >= 15 is 0 Å². The monoisotopic (exact) mass is 230 g/mol. The molecule has 4 N–H and O–H groups in total. The molecule has 2 rings (SSSR count). The molecule has 6 heteroatoms. The van der Waals surface area contributed by atoms with Crippen molar-refractivity contribution in [2.24, 2.45) is 0 Å². The van der Waals surface area contributed by atoms with Crippen molar-refractivity contribution in [2.45, 2.75) is 6.92 Å². The molecule has 6 nitrogen and oxygen atoms in total. The lowest BCUT2D eigenvalue weighted by molar-refractivity contribution is 0.984. The molecule has 0 spiro atoms. The van der Waals surface area contributed by atoms with Crippen LogP contribution in [0.4, 0.5) is 23.3 Å². The minimum atomic E-state index is 0.506. The highest BCUT2D eigenvalue weighted by Gasteiger charge is 2.02. The Bertz CT molecular complexity index is 508. The summed E-state index contributed by atoms with van der Waals surface area (Å²) in [4.78, 5) is 12.5. The van der Waals surface area contributed by atoms with Crippen molar-refractivity contribution < 1.29 is 0 Å². The highest BCUT2D eigenvalue weighted by Crippen LogP contribution is 2.15. The Morgan fingerprint density at radius 3 is 2.29 bits per heavy atom. The molecule has 0 amide bonds. The zero-order chi connectivity index (χ0) is 12.3. The molecule has 0 saturated heterocycles. The lowest BCUT2D eigenvalue weighted by Gasteiger charge is -2.07. The molecular weight excluding hydrogens is 216 g/mol. The fourth-order valence-electron chi connectivity index (χ4n) is 1.35. The summed E-state index contributed by atoms with van der Waals surface area (Å²) < 4.78 is 0. The Kier molecular flexibility index (Phi) is 3.04. The summed E-state index contributed by atoms with van der Waals surface area (Å²) in [6.07, 6.45) is 0. The van der Waals surface area contributed by atoms with Crippen molar-refractivity contribution in [1.82, 2.24) is 15.0 Å². The van der Waals surface area contributed by atoms with Crippen LogP contribution in [-0.2, 0) is 0 Å². The number of hydrogen-bond acceptors (Lipinski definition) is 6. The Morgan fingerprint density at radius 2 is 1.65 bits per heavy atom. The summed E-state index contributed by atoms with van der Waals surface area (Å²) in [6, 6.07) is 7.37. The number of aromatic nitrogens is 3. The molecule has 0 saturated carbocycles. The van der Waals surface area contributed by atoms with Crippen LogP contribution in [-0.4, -0.2) is 22.0 Å². The van der Waals surface area contributed by atoms with Crippen LogP contribution in [0.5, 0.6) is 0 Å². The number of hydrogen-bond donors (Lipinski definition) is 3. The van der Waals surface area contributed by atoms with E-state index in [2.05, 4.69) is 25.6 Å². The molecule has 0 aliphatic heterocycles. The van der Waals surface area contributed by atoms with Gasteiger partial charge < -0.3 is 16.4 Å². The second-order valence-corrected chi connectivity index (χ2v) is 3.53. The largest absolute Gasteiger partial charge is 0.399 e. The summed E-state index contributed by atoms with van der Waals surface area (Å²) in [6.45, 7) is 1.82. The summed E-state index contributed by atoms with van der Waals surface area (Å²) in [5.41, 5.74) is 7.21. The van der Waals surface area contributed by atoms with Gasteiger partial charge in [-0.3, -0.25) is 0 Å². The third kappa shape index (κ3) is 2.81. The normalized spacial score (nSPS) is 10.0. The van der Waals surface area contributed by atoms with Crippen LogP contribution in [0.25, 0.3) is 0 Å². The second kappa shape index (κ2) is 4.65. The molecular formula is C11H14N6. The zero-order valence-electron chi connectivity index (χ0n) is 9.73. The van der Waals surface area contributed by atoms with Crippen LogP contribution in [0.3, 0.4) is 0 Å². The first kappa shape index (κ1) is 11.1. The van der Waals surface area contributed by atoms with Gasteiger partial charge in [-0.05, 0) is 31.2 Å². The van der Waals surface area contributed by atoms with Crippen molar-refractivity contribution in [3.8, 4) is 0 Å². The first-order chi connectivity index (χ1) is 8.17. The first-order valence-corrected chi connectivity index (χ1v) is 5.20. The minimum absolute atomic E-state index is 0.506. The van der Waals surface area contributed by atoms with Gasteiger partial charge in [0.2, 0.25) is 11.9 Å². The fourth-order valence-corrected chi connectivity index (χ4v) is 1.35. The van der Waals surface area contributed by atoms with Crippen molar-refractivity contribution >= 4 is 23.3 Å². The van der Waals surface area contributed by atoms with E-state index < -0.39 is 0 Å². The van der Waals surface area contributed by atoms with Gasteiger partial charge in [0.15, 0.2) is 0 Å². The van der Waals surface area contributed by atoms with Gasteiger partial charge in [-0.1, -0.05) is 0 Å². The molecule has 1 aromatic carbocycles. The lowest BCUT2D eigenvalue weighted by Crippen LogP contribution is -2.05. The molecule has 0 atom stereocenters. The third-order valence-corrected chi connectivity index (χ3v) is 2.14. The number of rotatable bonds is 3. The molecule has 0 aliphatic rings. The number of aryl methyl sites for hydroxylation is 1. The average molecular weight is 230 g/mol. The predicted molar refractivity (Wildman–Crippen MR) is 68.2 cm³/mol. The smallest absolute Gasteiger partial charge is 0.232 e. The molecule has 1 aromatic heterocycles. The van der Waals surface area contributed by atoms with Gasteiger partial charge in [-0.25, -0.2) is 0 Å². The first-order valence-electron chi connectivity index (χ1n) is 5.20. The highest BCUT2D eigenvalue weighted by molar-refractivity contribution is 5.57. The van der Waals surface area contributed by atoms with Gasteiger partial charge in [0.1, 0.15) is 5.82 Å². The Labute approximate surface area is 99.3 Å². The number of benzene rings is 1. The molecule has 0 bridgehead atoms. The van der Waals surface area contributed by atoms with E-state index in [1.807, 2.05) is 31.2 Å². The average Bonchev–Trinajstić information content (AvgIpc) is 2.31. The van der Waals surface area contributed by atoms with Gasteiger partial charge >= 0.3 is 0 Å². The SMILES string of the molecule is CNc1nc(C)nc(Nc2ccc(N)cc2)n1. The van der Waals surface area contributed by atoms with E-state index in [9.17, 15) is 0 Å². The van der Waals surface area contributed by atoms with Crippen LogP contribution in [0.2, 0.25) is 0 Å². The molecule has 17 heavy (non-hydrogen) atoms. The van der Waals surface area contributed by atoms with Crippen LogP contribution in [0, 0.1) is 6.92 Å². The maximum atomic E-state index is 5.61. The van der Waals surface area contributed by atoms with E-state index in [-0.39, 0.29) is 0 Å². The summed E-state index contributed by atoms with van der Waals surface area (Å²) >= 11 is 0. The predicted octanol–water partition coefficient (Wildman–Crippen LogP) is 1.55. The molecule has 88 valence electrons. The maximum Gasteiger partial charge on any atom is 0.232 e. The lowest BCUT2D eigenvalue weighted by atomic mass is 10.3. The molecule has 0 unspecified atom stereocenters. The second-order valence-electron chi connectivity index (χ2n) is 3.53. The van der Waals surface area contributed by atoms with Gasteiger partial charge in [0.25, 0.3) is 0 Å². The number of nitrogen functional groups attached to an aromatic ring is 1. The van der Waals surface area contributed by atoms with Gasteiger partial charge in [0, 0.05) is 18.4 Å². The Morgan fingerprint density at radius 1 is 1.00 bits per heavy atom. The standard InChI is InChI=1S/C11H14N6/c1-7-14-10(13-2)17-11(15-7)16-9-5-3-8(12)4-6-9/h3-6H,12H2,1-2H3,(H2,13,14,15,16,17). The van der Waals surface area contributed by atoms with E-state index in [1.165, 1.54) is 0 Å². The minimum Gasteiger partial charge on any atom is -0.399 e. The quantitative estimate of drug-likeness (QED) is 0.693. The fraction of sp³-hybridized carbons (Fsp3) is 0.182. The van der Waals surface area contributed by atoms with Gasteiger partial charge in [-0.2, -0.15) is 15.0 Å². The van der Waals surface area contributed by atoms with Gasteiger partial charge in [0.05, 0.1) is 0 Å². The maximum absolute atomic E-state index is 5.61. The zero-order valence-corrected chi connectivity index (χ0v) is 9.73. The highest BCUT2D eigenvalue weighted by atomic mass is 15.2. The molecule has 0 radical (unpaired) electrons. The number of nitrogens with zero attached hydrogens (tertiary/aromatic N) is 3. The van der Waals surface area contributed by atoms with Crippen LogP contribution >= 0.6 is 0 Å². The summed E-state index contributed by atoms with van der Waals surface area (Å²) in [5.74, 6) is 1.70. The van der Waals surface area contributed by atoms with Crippen molar-refractivity contribution in [3.63, 3.8) is 0 Å². The molecule has 2 aromatic rings. The number of nitrogens with two attached hydrogens (primary N) is 1. The third-order valence-electron chi connectivity index (χ3n) is 2.14. The van der Waals surface area contributed by atoms with Gasteiger partial charge in [-0.15, -0.1) is 0 Å². The Balaban J connectivity index is 2.23. The van der Waals surface area contributed by atoms with Crippen LogP contribution in [0.15, 0.2) is 24.3 Å².